The average molecular weight is 473 g/mol. The smallest absolute Gasteiger partial charge is 0.326 e. The monoisotopic (exact) mass is 472 g/mol. The molecular formula is C27H40N2O5. The number of carbonyl (C=O) groups is 2. The van der Waals surface area contributed by atoms with E-state index in [-0.39, 0.29) is 23.3 Å². The fourth-order valence-corrected chi connectivity index (χ4v) is 8.46. The number of aliphatic carboxylic acids is 1. The second kappa shape index (κ2) is 8.35. The molecule has 0 spiro atoms. The van der Waals surface area contributed by atoms with Gasteiger partial charge in [0.15, 0.2) is 6.61 Å². The van der Waals surface area contributed by atoms with E-state index in [0.29, 0.717) is 37.1 Å². The van der Waals surface area contributed by atoms with E-state index in [9.17, 15) is 19.8 Å². The largest absolute Gasteiger partial charge is 0.480 e. The van der Waals surface area contributed by atoms with E-state index < -0.39 is 17.6 Å². The number of allylic oxidation sites excluding steroid dienone is 2. The lowest BCUT2D eigenvalue weighted by atomic mass is 9.46. The Labute approximate surface area is 202 Å². The Morgan fingerprint density at radius 3 is 2.62 bits per heavy atom. The van der Waals surface area contributed by atoms with Crippen LogP contribution in [-0.4, -0.2) is 57.5 Å². The Morgan fingerprint density at radius 2 is 1.85 bits per heavy atom. The lowest BCUT2D eigenvalue weighted by Crippen LogP contribution is -2.53. The first-order chi connectivity index (χ1) is 16.1. The zero-order valence-electron chi connectivity index (χ0n) is 20.9. The highest BCUT2D eigenvalue weighted by atomic mass is 16.6. The van der Waals surface area contributed by atoms with Crippen molar-refractivity contribution in [3.63, 3.8) is 0 Å². The van der Waals surface area contributed by atoms with Gasteiger partial charge in [-0.2, -0.15) is 0 Å². The maximum Gasteiger partial charge on any atom is 0.326 e. The predicted octanol–water partition coefficient (Wildman–Crippen LogP) is 4.15. The lowest BCUT2D eigenvalue weighted by Gasteiger charge is -2.59. The molecule has 1 saturated heterocycles. The van der Waals surface area contributed by atoms with Gasteiger partial charge in [0.25, 0.3) is 5.91 Å². The molecule has 0 aromatic heterocycles. The number of likely N-dealkylation sites (tertiary alicyclic amines) is 1. The number of hydrogen-bond donors (Lipinski definition) is 2. The highest BCUT2D eigenvalue weighted by molar-refractivity contribution is 5.96. The number of nitrogens with zero attached hydrogens (tertiary/aromatic N) is 2. The number of fused-ring (bicyclic) bond motifs is 5. The molecule has 3 saturated carbocycles. The van der Waals surface area contributed by atoms with E-state index in [1.807, 2.05) is 0 Å². The van der Waals surface area contributed by atoms with Crippen LogP contribution >= 0.6 is 0 Å². The minimum atomic E-state index is -0.951. The Bertz CT molecular complexity index is 926. The molecule has 3 unspecified atom stereocenters. The summed E-state index contributed by atoms with van der Waals surface area (Å²) in [6, 6.07) is -0.739. The molecule has 34 heavy (non-hydrogen) atoms. The van der Waals surface area contributed by atoms with E-state index in [2.05, 4.69) is 32.0 Å². The summed E-state index contributed by atoms with van der Waals surface area (Å²) in [5.41, 5.74) is 2.03. The molecule has 7 atom stereocenters. The van der Waals surface area contributed by atoms with Gasteiger partial charge in [-0.3, -0.25) is 4.79 Å². The second-order valence-corrected chi connectivity index (χ2v) is 12.2. The summed E-state index contributed by atoms with van der Waals surface area (Å²) < 4.78 is 0. The summed E-state index contributed by atoms with van der Waals surface area (Å²) in [4.78, 5) is 30.6. The minimum Gasteiger partial charge on any atom is -0.480 e. The van der Waals surface area contributed by atoms with E-state index in [1.54, 1.807) is 0 Å². The zero-order chi connectivity index (χ0) is 24.3. The van der Waals surface area contributed by atoms with Crippen LogP contribution in [0.5, 0.6) is 0 Å². The van der Waals surface area contributed by atoms with Crippen molar-refractivity contribution in [3.05, 3.63) is 11.6 Å². The average Bonchev–Trinajstić information content (AvgIpc) is 3.37. The Kier molecular flexibility index (Phi) is 5.85. The first-order valence-electron chi connectivity index (χ1n) is 13.2. The molecule has 4 aliphatic carbocycles. The Morgan fingerprint density at radius 1 is 1.09 bits per heavy atom. The summed E-state index contributed by atoms with van der Waals surface area (Å²) in [5, 5.41) is 24.7. The second-order valence-electron chi connectivity index (χ2n) is 12.2. The van der Waals surface area contributed by atoms with Crippen molar-refractivity contribution in [1.82, 2.24) is 4.90 Å². The third kappa shape index (κ3) is 3.61. The van der Waals surface area contributed by atoms with Gasteiger partial charge in [0.1, 0.15) is 6.04 Å². The Balaban J connectivity index is 1.25. The van der Waals surface area contributed by atoms with Gasteiger partial charge in [-0.1, -0.05) is 24.6 Å². The highest BCUT2D eigenvalue weighted by Gasteiger charge is 2.62. The molecule has 5 rings (SSSR count). The fourth-order valence-electron chi connectivity index (χ4n) is 8.46. The third-order valence-corrected chi connectivity index (χ3v) is 10.8. The first-order valence-corrected chi connectivity index (χ1v) is 13.2. The summed E-state index contributed by atoms with van der Waals surface area (Å²) >= 11 is 0. The van der Waals surface area contributed by atoms with Gasteiger partial charge >= 0.3 is 5.97 Å². The van der Waals surface area contributed by atoms with Crippen molar-refractivity contribution in [3.8, 4) is 0 Å². The fraction of sp³-hybridized carbons (Fsp3) is 0.815. The number of carboxylic acids is 1. The summed E-state index contributed by atoms with van der Waals surface area (Å²) in [7, 11) is 0. The van der Waals surface area contributed by atoms with Crippen LogP contribution in [-0.2, 0) is 14.4 Å². The van der Waals surface area contributed by atoms with Crippen molar-refractivity contribution in [2.24, 2.45) is 33.7 Å². The van der Waals surface area contributed by atoms with Crippen LogP contribution in [0.1, 0.15) is 85.0 Å². The standard InChI is InChI=1S/C27H40N2O5/c1-25-11-8-18(28-34-16-23(30)29-14-4-5-22(29)24(31)32)15-17(25)6-7-19-20(25)9-12-26(2)21(19)10-13-27(26,3)33/h15,19-22,33H,4-14,16H2,1-3H3,(H,31,32)/t19-,20?,21?,22?,25+,26+,27+/m1/s1. The van der Waals surface area contributed by atoms with Gasteiger partial charge in [0.05, 0.1) is 11.3 Å². The van der Waals surface area contributed by atoms with Crippen LogP contribution in [0.4, 0.5) is 0 Å². The van der Waals surface area contributed by atoms with Crippen molar-refractivity contribution in [2.75, 3.05) is 13.2 Å². The molecule has 2 N–H and O–H groups in total. The van der Waals surface area contributed by atoms with Crippen LogP contribution in [0.25, 0.3) is 0 Å². The van der Waals surface area contributed by atoms with Crippen molar-refractivity contribution >= 4 is 17.6 Å². The molecular weight excluding hydrogens is 432 g/mol. The number of carbonyl (C=O) groups excluding carboxylic acids is 1. The molecule has 0 aromatic rings. The van der Waals surface area contributed by atoms with Crippen LogP contribution in [0.3, 0.4) is 0 Å². The van der Waals surface area contributed by atoms with Gasteiger partial charge < -0.3 is 20.0 Å². The number of rotatable bonds is 4. The number of amides is 1. The van der Waals surface area contributed by atoms with Crippen molar-refractivity contribution < 1.29 is 24.6 Å². The quantitative estimate of drug-likeness (QED) is 0.599. The van der Waals surface area contributed by atoms with Gasteiger partial charge in [0.2, 0.25) is 0 Å². The Hall–Kier alpha value is -1.89. The van der Waals surface area contributed by atoms with Crippen LogP contribution in [0, 0.1) is 28.6 Å². The van der Waals surface area contributed by atoms with Crippen LogP contribution in [0.15, 0.2) is 16.8 Å². The third-order valence-electron chi connectivity index (χ3n) is 10.8. The maximum absolute atomic E-state index is 12.4. The molecule has 5 aliphatic rings. The maximum atomic E-state index is 12.4. The molecule has 188 valence electrons. The summed E-state index contributed by atoms with van der Waals surface area (Å²) in [6.07, 6.45) is 11.9. The van der Waals surface area contributed by atoms with Gasteiger partial charge in [-0.15, -0.1) is 0 Å². The minimum absolute atomic E-state index is 0.0440. The van der Waals surface area contributed by atoms with Gasteiger partial charge in [0, 0.05) is 6.54 Å². The zero-order valence-corrected chi connectivity index (χ0v) is 20.9. The lowest BCUT2D eigenvalue weighted by molar-refractivity contribution is -0.150. The molecule has 4 fully saturated rings. The van der Waals surface area contributed by atoms with E-state index in [4.69, 9.17) is 4.84 Å². The molecule has 0 radical (unpaired) electrons. The van der Waals surface area contributed by atoms with Crippen LogP contribution in [0.2, 0.25) is 0 Å². The highest BCUT2D eigenvalue weighted by Crippen LogP contribution is 2.67. The van der Waals surface area contributed by atoms with Crippen LogP contribution < -0.4 is 0 Å². The number of aliphatic hydroxyl groups is 1. The van der Waals surface area contributed by atoms with E-state index in [0.717, 1.165) is 44.2 Å². The van der Waals surface area contributed by atoms with E-state index >= 15 is 0 Å². The van der Waals surface area contributed by atoms with Crippen molar-refractivity contribution in [1.29, 1.82) is 0 Å². The molecule has 1 aliphatic heterocycles. The topological polar surface area (TPSA) is 99.4 Å². The predicted molar refractivity (Wildman–Crippen MR) is 128 cm³/mol. The number of carboxylic acid groups (broad SMARTS) is 1. The SMILES string of the molecule is C[C@]12CCC(=NOCC(=O)N3CCCC3C(=O)O)C=C1CC[C@@H]1C2CC[C@@]2(C)C1CC[C@]2(C)O. The molecule has 7 nitrogen and oxygen atoms in total. The molecule has 1 heterocycles. The molecule has 0 bridgehead atoms. The van der Waals surface area contributed by atoms with E-state index in [1.165, 1.54) is 23.3 Å². The molecule has 7 heteroatoms. The summed E-state index contributed by atoms with van der Waals surface area (Å²) in [5.74, 6) is 0.704. The van der Waals surface area contributed by atoms with Gasteiger partial charge in [-0.25, -0.2) is 4.79 Å². The first kappa shape index (κ1) is 23.8. The number of oxime groups is 1. The molecule has 1 amide bonds. The molecule has 0 aromatic carbocycles. The number of hydrogen-bond acceptors (Lipinski definition) is 5. The van der Waals surface area contributed by atoms with Gasteiger partial charge in [-0.05, 0) is 106 Å². The van der Waals surface area contributed by atoms with Crippen molar-refractivity contribution in [2.45, 2.75) is 96.6 Å². The summed E-state index contributed by atoms with van der Waals surface area (Å²) in [6.45, 7) is 7.09. The normalized spacial score (nSPS) is 44.8.